The van der Waals surface area contributed by atoms with Gasteiger partial charge in [-0.1, -0.05) is 11.8 Å². The maximum Gasteiger partial charge on any atom is 0.233 e. The second-order valence-corrected chi connectivity index (χ2v) is 4.36. The first-order valence-corrected chi connectivity index (χ1v) is 6.54. The lowest BCUT2D eigenvalue weighted by Crippen LogP contribution is -2.31. The Labute approximate surface area is 110 Å². The van der Waals surface area contributed by atoms with Gasteiger partial charge in [-0.3, -0.25) is 4.79 Å². The summed E-state index contributed by atoms with van der Waals surface area (Å²) in [5.74, 6) is 0.453. The fraction of sp³-hybridized carbons (Fsp3) is 0.455. The van der Waals surface area contributed by atoms with Crippen LogP contribution in [0, 0.1) is 11.3 Å². The highest BCUT2D eigenvalue weighted by atomic mass is 32.2. The second-order valence-electron chi connectivity index (χ2n) is 3.42. The molecule has 0 bridgehead atoms. The van der Waals surface area contributed by atoms with Gasteiger partial charge in [0.2, 0.25) is 5.91 Å². The molecule has 1 amide bonds. The first kappa shape index (κ1) is 14.3. The summed E-state index contributed by atoms with van der Waals surface area (Å²) < 4.78 is 0. The molecule has 1 rings (SSSR count). The zero-order valence-electron chi connectivity index (χ0n) is 10.4. The van der Waals surface area contributed by atoms with Crippen molar-refractivity contribution in [1.29, 1.82) is 5.26 Å². The van der Waals surface area contributed by atoms with E-state index >= 15 is 0 Å². The Morgan fingerprint density at radius 1 is 1.56 bits per heavy atom. The van der Waals surface area contributed by atoms with Crippen LogP contribution >= 0.6 is 11.8 Å². The average molecular weight is 265 g/mol. The molecular weight excluding hydrogens is 250 g/mol. The lowest BCUT2D eigenvalue weighted by Gasteiger charge is -2.17. The third-order valence-electron chi connectivity index (χ3n) is 2.36. The van der Waals surface area contributed by atoms with Crippen molar-refractivity contribution in [2.75, 3.05) is 24.6 Å². The molecule has 1 heterocycles. The zero-order chi connectivity index (χ0) is 13.5. The largest absolute Gasteiger partial charge is 0.382 e. The molecule has 2 N–H and O–H groups in total. The van der Waals surface area contributed by atoms with Crippen LogP contribution in [0.3, 0.4) is 0 Å². The van der Waals surface area contributed by atoms with Crippen molar-refractivity contribution in [1.82, 2.24) is 14.9 Å². The molecule has 0 atom stereocenters. The maximum absolute atomic E-state index is 11.8. The number of nitrogens with two attached hydrogens (primary N) is 1. The van der Waals surface area contributed by atoms with Gasteiger partial charge in [-0.25, -0.2) is 9.97 Å². The lowest BCUT2D eigenvalue weighted by molar-refractivity contribution is -0.127. The first-order valence-electron chi connectivity index (χ1n) is 5.55. The van der Waals surface area contributed by atoms with Gasteiger partial charge in [-0.15, -0.1) is 0 Å². The molecule has 96 valence electrons. The molecule has 1 aromatic rings. The lowest BCUT2D eigenvalue weighted by atomic mass is 10.3. The topological polar surface area (TPSA) is 95.9 Å². The molecular formula is C11H15N5OS. The van der Waals surface area contributed by atoms with Crippen LogP contribution in [-0.2, 0) is 4.79 Å². The summed E-state index contributed by atoms with van der Waals surface area (Å²) in [5, 5.41) is 9.10. The maximum atomic E-state index is 11.8. The first-order chi connectivity index (χ1) is 8.62. The molecule has 0 aliphatic heterocycles. The summed E-state index contributed by atoms with van der Waals surface area (Å²) in [6, 6.07) is 1.89. The Hall–Kier alpha value is -1.81. The number of nitrogens with zero attached hydrogens (tertiary/aromatic N) is 4. The number of hydrogen-bond acceptors (Lipinski definition) is 6. The van der Waals surface area contributed by atoms with Crippen LogP contribution < -0.4 is 5.73 Å². The molecule has 0 unspecified atom stereocenters. The van der Waals surface area contributed by atoms with Gasteiger partial charge in [0.25, 0.3) is 0 Å². The van der Waals surface area contributed by atoms with E-state index in [9.17, 15) is 4.79 Å². The Morgan fingerprint density at radius 3 is 2.72 bits per heavy atom. The number of carbonyl (C=O) groups is 1. The van der Waals surface area contributed by atoms with Crippen LogP contribution in [0.4, 0.5) is 5.82 Å². The molecule has 6 nitrogen and oxygen atoms in total. The Bertz CT molecular complexity index is 467. The van der Waals surface area contributed by atoms with Gasteiger partial charge in [0.15, 0.2) is 5.16 Å². The highest BCUT2D eigenvalue weighted by Gasteiger charge is 2.11. The highest BCUT2D eigenvalue weighted by Crippen LogP contribution is 2.16. The van der Waals surface area contributed by atoms with E-state index < -0.39 is 0 Å². The van der Waals surface area contributed by atoms with Crippen LogP contribution in [0.1, 0.15) is 19.4 Å². The van der Waals surface area contributed by atoms with Crippen LogP contribution in [0.25, 0.3) is 0 Å². The summed E-state index contributed by atoms with van der Waals surface area (Å²) in [7, 11) is 0. The van der Waals surface area contributed by atoms with Crippen molar-refractivity contribution in [3.8, 4) is 6.07 Å². The number of thioether (sulfide) groups is 1. The molecule has 0 spiro atoms. The normalized spacial score (nSPS) is 9.83. The Morgan fingerprint density at radius 2 is 2.22 bits per heavy atom. The van der Waals surface area contributed by atoms with Crippen molar-refractivity contribution < 1.29 is 4.79 Å². The van der Waals surface area contributed by atoms with E-state index in [0.717, 1.165) is 0 Å². The fourth-order valence-corrected chi connectivity index (χ4v) is 2.05. The van der Waals surface area contributed by atoms with Gasteiger partial charge in [0.1, 0.15) is 17.5 Å². The van der Waals surface area contributed by atoms with E-state index in [1.807, 2.05) is 19.9 Å². The molecule has 1 aromatic heterocycles. The van der Waals surface area contributed by atoms with E-state index in [1.54, 1.807) is 4.90 Å². The summed E-state index contributed by atoms with van der Waals surface area (Å²) in [4.78, 5) is 21.4. The summed E-state index contributed by atoms with van der Waals surface area (Å²) >= 11 is 1.22. The molecule has 0 saturated heterocycles. The molecule has 0 saturated carbocycles. The minimum absolute atomic E-state index is 0.0385. The van der Waals surface area contributed by atoms with Gasteiger partial charge in [0.05, 0.1) is 11.9 Å². The van der Waals surface area contributed by atoms with Crippen molar-refractivity contribution >= 4 is 23.5 Å². The number of nitrogen functional groups attached to an aromatic ring is 1. The minimum atomic E-state index is 0.0385. The molecule has 0 aromatic carbocycles. The van der Waals surface area contributed by atoms with Gasteiger partial charge < -0.3 is 10.6 Å². The SMILES string of the molecule is CCN(CC)C(=O)CSc1ncc(C#N)c(N)n1. The van der Waals surface area contributed by atoms with Crippen molar-refractivity contribution in [3.63, 3.8) is 0 Å². The number of amides is 1. The number of carbonyl (C=O) groups excluding carboxylic acids is 1. The van der Waals surface area contributed by atoms with E-state index in [-0.39, 0.29) is 23.0 Å². The predicted molar refractivity (Wildman–Crippen MR) is 69.8 cm³/mol. The standard InChI is InChI=1S/C11H15N5OS/c1-3-16(4-2)9(17)7-18-11-14-6-8(5-12)10(13)15-11/h6H,3-4,7H2,1-2H3,(H2,13,14,15). The van der Waals surface area contributed by atoms with E-state index in [2.05, 4.69) is 9.97 Å². The molecule has 0 fully saturated rings. The molecule has 0 radical (unpaired) electrons. The number of nitriles is 1. The average Bonchev–Trinajstić information content (AvgIpc) is 2.38. The quantitative estimate of drug-likeness (QED) is 0.627. The van der Waals surface area contributed by atoms with Gasteiger partial charge >= 0.3 is 0 Å². The summed E-state index contributed by atoms with van der Waals surface area (Å²) in [6.45, 7) is 5.24. The van der Waals surface area contributed by atoms with Crippen LogP contribution in [0.15, 0.2) is 11.4 Å². The van der Waals surface area contributed by atoms with Crippen LogP contribution in [0.2, 0.25) is 0 Å². The van der Waals surface area contributed by atoms with Gasteiger partial charge in [0, 0.05) is 13.1 Å². The molecule has 0 aliphatic rings. The van der Waals surface area contributed by atoms with Crippen molar-refractivity contribution in [2.45, 2.75) is 19.0 Å². The van der Waals surface area contributed by atoms with Gasteiger partial charge in [-0.2, -0.15) is 5.26 Å². The predicted octanol–water partition coefficient (Wildman–Crippen LogP) is 0.891. The zero-order valence-corrected chi connectivity index (χ0v) is 11.2. The molecule has 18 heavy (non-hydrogen) atoms. The van der Waals surface area contributed by atoms with E-state index in [1.165, 1.54) is 18.0 Å². The molecule has 7 heteroatoms. The molecule has 0 aliphatic carbocycles. The van der Waals surface area contributed by atoms with E-state index in [4.69, 9.17) is 11.0 Å². The smallest absolute Gasteiger partial charge is 0.233 e. The summed E-state index contributed by atoms with van der Waals surface area (Å²) in [6.07, 6.45) is 1.37. The van der Waals surface area contributed by atoms with Crippen molar-refractivity contribution in [3.05, 3.63) is 11.8 Å². The van der Waals surface area contributed by atoms with Gasteiger partial charge in [-0.05, 0) is 13.8 Å². The monoisotopic (exact) mass is 265 g/mol. The van der Waals surface area contributed by atoms with E-state index in [0.29, 0.717) is 18.2 Å². The highest BCUT2D eigenvalue weighted by molar-refractivity contribution is 7.99. The van der Waals surface area contributed by atoms with Crippen molar-refractivity contribution in [2.24, 2.45) is 0 Å². The number of rotatable bonds is 5. The summed E-state index contributed by atoms with van der Waals surface area (Å²) in [5.41, 5.74) is 5.81. The third kappa shape index (κ3) is 3.60. The second kappa shape index (κ2) is 6.81. The fourth-order valence-electron chi connectivity index (χ4n) is 1.33. The number of anilines is 1. The number of aromatic nitrogens is 2. The third-order valence-corrected chi connectivity index (χ3v) is 3.20. The Kier molecular flexibility index (Phi) is 5.39. The number of hydrogen-bond donors (Lipinski definition) is 1. The minimum Gasteiger partial charge on any atom is -0.382 e. The van der Waals surface area contributed by atoms with Crippen LogP contribution in [-0.4, -0.2) is 39.6 Å². The van der Waals surface area contributed by atoms with Crippen LogP contribution in [0.5, 0.6) is 0 Å². The Balaban J connectivity index is 2.62.